The van der Waals surface area contributed by atoms with E-state index in [0.29, 0.717) is 26.4 Å². The van der Waals surface area contributed by atoms with Gasteiger partial charge in [0, 0.05) is 5.02 Å². The van der Waals surface area contributed by atoms with Gasteiger partial charge in [0.25, 0.3) is 5.91 Å². The lowest BCUT2D eigenvalue weighted by Crippen LogP contribution is -2.51. The molecule has 1 unspecified atom stereocenters. The van der Waals surface area contributed by atoms with Gasteiger partial charge in [-0.15, -0.1) is 11.3 Å². The molecule has 0 bridgehead atoms. The Morgan fingerprint density at radius 3 is 2.56 bits per heavy atom. The van der Waals surface area contributed by atoms with Crippen LogP contribution in [-0.2, 0) is 11.4 Å². The Bertz CT molecular complexity index is 775. The summed E-state index contributed by atoms with van der Waals surface area (Å²) in [6, 6.07) is 6.94. The summed E-state index contributed by atoms with van der Waals surface area (Å²) in [5, 5.41) is 13.1. The average molecular weight is 383 g/mol. The minimum atomic E-state index is -1.31. The molecule has 2 aromatic rings. The summed E-state index contributed by atoms with van der Waals surface area (Å²) in [6.07, 6.45) is 0.276. The fourth-order valence-corrected chi connectivity index (χ4v) is 3.00. The number of aryl methyl sites for hydroxylation is 1. The van der Waals surface area contributed by atoms with Gasteiger partial charge in [0.05, 0.1) is 5.69 Å². The van der Waals surface area contributed by atoms with E-state index in [1.54, 1.807) is 38.1 Å². The highest BCUT2D eigenvalue weighted by Gasteiger charge is 2.34. The number of halogens is 1. The maximum absolute atomic E-state index is 12.4. The molecule has 0 aliphatic heterocycles. The smallest absolute Gasteiger partial charge is 0.329 e. The Morgan fingerprint density at radius 1 is 1.36 bits per heavy atom. The van der Waals surface area contributed by atoms with Gasteiger partial charge >= 0.3 is 5.97 Å². The van der Waals surface area contributed by atoms with Crippen molar-refractivity contribution in [3.05, 3.63) is 44.9 Å². The van der Waals surface area contributed by atoms with E-state index in [1.807, 2.05) is 0 Å². The molecule has 0 saturated heterocycles. The minimum Gasteiger partial charge on any atom is -0.486 e. The van der Waals surface area contributed by atoms with Crippen molar-refractivity contribution in [2.24, 2.45) is 0 Å². The summed E-state index contributed by atoms with van der Waals surface area (Å²) in [5.41, 5.74) is -0.769. The third-order valence-electron chi connectivity index (χ3n) is 3.79. The van der Waals surface area contributed by atoms with Crippen LogP contribution in [0.5, 0.6) is 5.75 Å². The molecule has 1 aromatic heterocycles. The summed E-state index contributed by atoms with van der Waals surface area (Å²) >= 11 is 7.01. The highest BCUT2D eigenvalue weighted by Crippen LogP contribution is 2.22. The largest absolute Gasteiger partial charge is 0.486 e. The second kappa shape index (κ2) is 7.84. The van der Waals surface area contributed by atoms with Gasteiger partial charge in [0.2, 0.25) is 0 Å². The van der Waals surface area contributed by atoms with Crippen LogP contribution in [0.2, 0.25) is 5.02 Å². The molecule has 0 radical (unpaired) electrons. The lowest BCUT2D eigenvalue weighted by atomic mass is 9.99. The fraction of sp³-hybridized carbons (Fsp3) is 0.353. The zero-order valence-electron chi connectivity index (χ0n) is 14.1. The molecule has 6 nitrogen and oxygen atoms in total. The number of carboxylic acid groups (broad SMARTS) is 1. The number of aliphatic carboxylic acids is 1. The molecule has 0 aliphatic carbocycles. The Balaban J connectivity index is 2.07. The van der Waals surface area contributed by atoms with Crippen LogP contribution in [0.25, 0.3) is 0 Å². The molecule has 25 heavy (non-hydrogen) atoms. The van der Waals surface area contributed by atoms with Crippen molar-refractivity contribution in [2.75, 3.05) is 0 Å². The van der Waals surface area contributed by atoms with Crippen LogP contribution < -0.4 is 10.1 Å². The number of carbonyl (C=O) groups excluding carboxylic acids is 1. The predicted molar refractivity (Wildman–Crippen MR) is 96.4 cm³/mol. The molecule has 2 rings (SSSR count). The molecule has 0 fully saturated rings. The Labute approximate surface area is 154 Å². The number of carboxylic acids is 1. The number of hydrogen-bond acceptors (Lipinski definition) is 5. The van der Waals surface area contributed by atoms with Gasteiger partial charge in [-0.2, -0.15) is 0 Å². The molecule has 1 atom stereocenters. The number of rotatable bonds is 7. The number of nitrogens with one attached hydrogen (secondary N) is 1. The van der Waals surface area contributed by atoms with Gasteiger partial charge in [-0.1, -0.05) is 18.5 Å². The second-order valence-electron chi connectivity index (χ2n) is 5.71. The van der Waals surface area contributed by atoms with Crippen molar-refractivity contribution in [2.45, 2.75) is 39.3 Å². The van der Waals surface area contributed by atoms with Crippen molar-refractivity contribution in [1.82, 2.24) is 10.3 Å². The van der Waals surface area contributed by atoms with Gasteiger partial charge in [-0.05, 0) is 44.5 Å². The Kier molecular flexibility index (Phi) is 6.02. The summed E-state index contributed by atoms with van der Waals surface area (Å²) in [4.78, 5) is 28.5. The number of thiazole rings is 1. The van der Waals surface area contributed by atoms with E-state index in [2.05, 4.69) is 10.3 Å². The standard InChI is InChI=1S/C17H19ClN2O4S/c1-4-17(3,16(22)23)20-15(21)14-10(2)19-13(25-14)9-24-12-7-5-11(18)6-8-12/h5-8H,4,9H2,1-3H3,(H,20,21)(H,22,23). The normalized spacial score (nSPS) is 13.1. The molecule has 0 spiro atoms. The first-order valence-electron chi connectivity index (χ1n) is 7.65. The number of nitrogens with zero attached hydrogens (tertiary/aromatic N) is 1. The van der Waals surface area contributed by atoms with Crippen molar-refractivity contribution < 1.29 is 19.4 Å². The van der Waals surface area contributed by atoms with Gasteiger partial charge in [-0.3, -0.25) is 4.79 Å². The van der Waals surface area contributed by atoms with Crippen LogP contribution >= 0.6 is 22.9 Å². The van der Waals surface area contributed by atoms with E-state index >= 15 is 0 Å². The number of benzene rings is 1. The highest BCUT2D eigenvalue weighted by molar-refractivity contribution is 7.13. The number of aromatic nitrogens is 1. The van der Waals surface area contributed by atoms with E-state index in [9.17, 15) is 14.7 Å². The molecule has 0 saturated carbocycles. The monoisotopic (exact) mass is 382 g/mol. The van der Waals surface area contributed by atoms with Gasteiger partial charge in [0.15, 0.2) is 0 Å². The number of hydrogen-bond donors (Lipinski definition) is 2. The first kappa shape index (κ1) is 19.2. The van der Waals surface area contributed by atoms with E-state index in [1.165, 1.54) is 18.3 Å². The number of ether oxygens (including phenoxy) is 1. The molecule has 1 aromatic carbocycles. The molecule has 2 N–H and O–H groups in total. The zero-order valence-corrected chi connectivity index (χ0v) is 15.7. The number of carbonyl (C=O) groups is 2. The van der Waals surface area contributed by atoms with Gasteiger partial charge in [0.1, 0.15) is 27.8 Å². The zero-order chi connectivity index (χ0) is 18.6. The Hall–Kier alpha value is -2.12. The van der Waals surface area contributed by atoms with Crippen LogP contribution in [0.4, 0.5) is 0 Å². The first-order chi connectivity index (χ1) is 11.7. The maximum Gasteiger partial charge on any atom is 0.329 e. The third kappa shape index (κ3) is 4.70. The van der Waals surface area contributed by atoms with E-state index in [0.717, 1.165) is 0 Å². The summed E-state index contributed by atoms with van der Waals surface area (Å²) in [7, 11) is 0. The van der Waals surface area contributed by atoms with Crippen molar-refractivity contribution in [3.8, 4) is 5.75 Å². The van der Waals surface area contributed by atoms with Crippen LogP contribution in [-0.4, -0.2) is 27.5 Å². The van der Waals surface area contributed by atoms with Crippen molar-refractivity contribution in [3.63, 3.8) is 0 Å². The maximum atomic E-state index is 12.4. The van der Waals surface area contributed by atoms with Crippen LogP contribution in [0.15, 0.2) is 24.3 Å². The van der Waals surface area contributed by atoms with Gasteiger partial charge < -0.3 is 15.2 Å². The van der Waals surface area contributed by atoms with Crippen LogP contribution in [0.3, 0.4) is 0 Å². The molecule has 1 heterocycles. The van der Waals surface area contributed by atoms with Crippen molar-refractivity contribution in [1.29, 1.82) is 0 Å². The average Bonchev–Trinajstić information content (AvgIpc) is 2.95. The molecular formula is C17H19ClN2O4S. The molecular weight excluding hydrogens is 364 g/mol. The SMILES string of the molecule is CCC(C)(NC(=O)c1sc(COc2ccc(Cl)cc2)nc1C)C(=O)O. The molecule has 134 valence electrons. The summed E-state index contributed by atoms with van der Waals surface area (Å²) in [6.45, 7) is 5.11. The van der Waals surface area contributed by atoms with Crippen LogP contribution in [0.1, 0.15) is 40.6 Å². The fourth-order valence-electron chi connectivity index (χ4n) is 2.00. The molecule has 8 heteroatoms. The third-order valence-corrected chi connectivity index (χ3v) is 5.17. The van der Waals surface area contributed by atoms with E-state index < -0.39 is 17.4 Å². The second-order valence-corrected chi connectivity index (χ2v) is 7.23. The molecule has 0 aliphatic rings. The quantitative estimate of drug-likeness (QED) is 0.762. The summed E-state index contributed by atoms with van der Waals surface area (Å²) in [5.74, 6) is -0.871. The lowest BCUT2D eigenvalue weighted by Gasteiger charge is -2.24. The molecule has 1 amide bonds. The lowest BCUT2D eigenvalue weighted by molar-refractivity contribution is -0.143. The first-order valence-corrected chi connectivity index (χ1v) is 8.85. The Morgan fingerprint density at radius 2 is 2.00 bits per heavy atom. The van der Waals surface area contributed by atoms with E-state index in [4.69, 9.17) is 16.3 Å². The van der Waals surface area contributed by atoms with E-state index in [-0.39, 0.29) is 13.0 Å². The number of amides is 1. The van der Waals surface area contributed by atoms with Crippen LogP contribution in [0, 0.1) is 6.92 Å². The predicted octanol–water partition coefficient (Wildman–Crippen LogP) is 3.67. The summed E-state index contributed by atoms with van der Waals surface area (Å²) < 4.78 is 5.62. The van der Waals surface area contributed by atoms with Crippen molar-refractivity contribution >= 4 is 34.8 Å². The van der Waals surface area contributed by atoms with Gasteiger partial charge in [-0.25, -0.2) is 9.78 Å². The topological polar surface area (TPSA) is 88.5 Å². The highest BCUT2D eigenvalue weighted by atomic mass is 35.5. The minimum absolute atomic E-state index is 0.213.